The van der Waals surface area contributed by atoms with Gasteiger partial charge in [0.2, 0.25) is 0 Å². The Bertz CT molecular complexity index is 1410. The molecule has 1 aliphatic rings. The molecule has 0 bridgehead atoms. The molecule has 7 heteroatoms. The van der Waals surface area contributed by atoms with Crippen molar-refractivity contribution in [3.8, 4) is 5.75 Å². The van der Waals surface area contributed by atoms with E-state index in [1.54, 1.807) is 48.5 Å². The van der Waals surface area contributed by atoms with Crippen molar-refractivity contribution >= 4 is 29.1 Å². The number of anilines is 1. The number of esters is 1. The Morgan fingerprint density at radius 1 is 0.974 bits per heavy atom. The van der Waals surface area contributed by atoms with Gasteiger partial charge in [-0.25, -0.2) is 4.79 Å². The molecule has 7 nitrogen and oxygen atoms in total. The molecular weight excluding hydrogens is 494 g/mol. The summed E-state index contributed by atoms with van der Waals surface area (Å²) in [6.07, 6.45) is 0.706. The second-order valence-corrected chi connectivity index (χ2v) is 10.00. The number of aliphatic hydroxyl groups is 1. The van der Waals surface area contributed by atoms with E-state index in [1.807, 2.05) is 52.0 Å². The van der Waals surface area contributed by atoms with Gasteiger partial charge in [-0.05, 0) is 61.2 Å². The van der Waals surface area contributed by atoms with Crippen molar-refractivity contribution < 1.29 is 29.0 Å². The van der Waals surface area contributed by atoms with Crippen LogP contribution in [0, 0.1) is 12.8 Å². The molecule has 1 unspecified atom stereocenters. The number of nitrogens with zero attached hydrogens (tertiary/aromatic N) is 1. The first kappa shape index (κ1) is 27.6. The highest BCUT2D eigenvalue weighted by Gasteiger charge is 2.47. The standard InChI is InChI=1S/C32H33NO6/c1-5-16-38-32(37)22-12-14-25(15-13-22)33-28(23-9-6-8-21(4)17-23)27(30(35)31(33)36)29(34)24-10-7-11-26(18-24)39-19-20(2)3/h6-15,17-18,20,28,34H,5,16,19H2,1-4H3/b29-27+. The maximum Gasteiger partial charge on any atom is 0.338 e. The number of carbonyl (C=O) groups excluding carboxylic acids is 3. The van der Waals surface area contributed by atoms with Crippen LogP contribution in [-0.4, -0.2) is 36.0 Å². The highest BCUT2D eigenvalue weighted by Crippen LogP contribution is 2.42. The van der Waals surface area contributed by atoms with Crippen molar-refractivity contribution in [2.45, 2.75) is 40.2 Å². The molecule has 0 radical (unpaired) electrons. The molecule has 0 aromatic heterocycles. The third-order valence-electron chi connectivity index (χ3n) is 6.31. The van der Waals surface area contributed by atoms with Crippen LogP contribution in [0.25, 0.3) is 5.76 Å². The summed E-state index contributed by atoms with van der Waals surface area (Å²) in [5.41, 5.74) is 2.74. The minimum absolute atomic E-state index is 0.0157. The first-order valence-corrected chi connectivity index (χ1v) is 13.1. The second kappa shape index (κ2) is 12.0. The zero-order valence-corrected chi connectivity index (χ0v) is 22.6. The van der Waals surface area contributed by atoms with Crippen LogP contribution in [0.1, 0.15) is 60.3 Å². The monoisotopic (exact) mass is 527 g/mol. The zero-order valence-electron chi connectivity index (χ0n) is 22.6. The Labute approximate surface area is 228 Å². The zero-order chi connectivity index (χ0) is 28.1. The minimum atomic E-state index is -0.872. The molecule has 1 amide bonds. The maximum atomic E-state index is 13.5. The summed E-state index contributed by atoms with van der Waals surface area (Å²) in [5, 5.41) is 11.4. The largest absolute Gasteiger partial charge is 0.507 e. The lowest BCUT2D eigenvalue weighted by Gasteiger charge is -2.26. The second-order valence-electron chi connectivity index (χ2n) is 10.00. The minimum Gasteiger partial charge on any atom is -0.507 e. The maximum absolute atomic E-state index is 13.5. The summed E-state index contributed by atoms with van der Waals surface area (Å²) in [7, 11) is 0. The van der Waals surface area contributed by atoms with E-state index in [4.69, 9.17) is 9.47 Å². The van der Waals surface area contributed by atoms with Crippen LogP contribution in [-0.2, 0) is 14.3 Å². The Kier molecular flexibility index (Phi) is 8.49. The Morgan fingerprint density at radius 3 is 2.36 bits per heavy atom. The average Bonchev–Trinajstić information content (AvgIpc) is 3.20. The van der Waals surface area contributed by atoms with Crippen molar-refractivity contribution in [3.05, 3.63) is 101 Å². The molecule has 0 spiro atoms. The molecular formula is C32H33NO6. The van der Waals surface area contributed by atoms with Gasteiger partial charge in [-0.1, -0.05) is 62.7 Å². The SMILES string of the molecule is CCCOC(=O)c1ccc(N2C(=O)C(=O)/C(=C(/O)c3cccc(OCC(C)C)c3)C2c2cccc(C)c2)cc1. The number of rotatable bonds is 9. The van der Waals surface area contributed by atoms with Crippen LogP contribution >= 0.6 is 0 Å². The fourth-order valence-electron chi connectivity index (χ4n) is 4.44. The molecule has 0 aliphatic carbocycles. The molecule has 1 heterocycles. The predicted octanol–water partition coefficient (Wildman–Crippen LogP) is 6.22. The molecule has 1 aliphatic heterocycles. The lowest BCUT2D eigenvalue weighted by atomic mass is 9.94. The molecule has 1 saturated heterocycles. The number of benzene rings is 3. The van der Waals surface area contributed by atoms with E-state index < -0.39 is 23.7 Å². The van der Waals surface area contributed by atoms with Gasteiger partial charge in [0.25, 0.3) is 11.7 Å². The van der Waals surface area contributed by atoms with Crippen LogP contribution in [0.3, 0.4) is 0 Å². The smallest absolute Gasteiger partial charge is 0.338 e. The van der Waals surface area contributed by atoms with Crippen LogP contribution in [0.5, 0.6) is 5.75 Å². The van der Waals surface area contributed by atoms with Crippen molar-refractivity contribution in [1.29, 1.82) is 0 Å². The molecule has 1 atom stereocenters. The average molecular weight is 528 g/mol. The Hall–Kier alpha value is -4.39. The fourth-order valence-corrected chi connectivity index (χ4v) is 4.44. The molecule has 202 valence electrons. The third-order valence-corrected chi connectivity index (χ3v) is 6.31. The van der Waals surface area contributed by atoms with Gasteiger partial charge >= 0.3 is 5.97 Å². The number of amides is 1. The van der Waals surface area contributed by atoms with Crippen molar-refractivity contribution in [2.75, 3.05) is 18.1 Å². The van der Waals surface area contributed by atoms with E-state index >= 15 is 0 Å². The molecule has 1 N–H and O–H groups in total. The first-order chi connectivity index (χ1) is 18.7. The van der Waals surface area contributed by atoms with Gasteiger partial charge in [-0.2, -0.15) is 0 Å². The number of hydrogen-bond acceptors (Lipinski definition) is 6. The highest BCUT2D eigenvalue weighted by molar-refractivity contribution is 6.51. The lowest BCUT2D eigenvalue weighted by molar-refractivity contribution is -0.132. The van der Waals surface area contributed by atoms with E-state index in [1.165, 1.54) is 4.90 Å². The summed E-state index contributed by atoms with van der Waals surface area (Å²) in [6.45, 7) is 8.71. The lowest BCUT2D eigenvalue weighted by Crippen LogP contribution is -2.29. The third kappa shape index (κ3) is 6.03. The summed E-state index contributed by atoms with van der Waals surface area (Å²) in [5.74, 6) is -1.43. The van der Waals surface area contributed by atoms with Gasteiger partial charge in [0.05, 0.1) is 30.4 Å². The summed E-state index contributed by atoms with van der Waals surface area (Å²) >= 11 is 0. The molecule has 3 aromatic rings. The fraction of sp³-hybridized carbons (Fsp3) is 0.281. The Morgan fingerprint density at radius 2 is 1.69 bits per heavy atom. The highest BCUT2D eigenvalue weighted by atomic mass is 16.5. The van der Waals surface area contributed by atoms with Crippen LogP contribution in [0.2, 0.25) is 0 Å². The van der Waals surface area contributed by atoms with E-state index in [2.05, 4.69) is 0 Å². The molecule has 4 rings (SSSR count). The summed E-state index contributed by atoms with van der Waals surface area (Å²) in [6, 6.07) is 19.8. The quantitative estimate of drug-likeness (QED) is 0.154. The van der Waals surface area contributed by atoms with Crippen molar-refractivity contribution in [1.82, 2.24) is 0 Å². The van der Waals surface area contributed by atoms with Gasteiger partial charge in [0.15, 0.2) is 0 Å². The normalized spacial score (nSPS) is 16.5. The first-order valence-electron chi connectivity index (χ1n) is 13.1. The van der Waals surface area contributed by atoms with Gasteiger partial charge in [-0.15, -0.1) is 0 Å². The number of aryl methyl sites for hydroxylation is 1. The van der Waals surface area contributed by atoms with Crippen molar-refractivity contribution in [3.63, 3.8) is 0 Å². The molecule has 0 saturated carbocycles. The topological polar surface area (TPSA) is 93.1 Å². The Balaban J connectivity index is 1.80. The van der Waals surface area contributed by atoms with Crippen LogP contribution in [0.4, 0.5) is 5.69 Å². The molecule has 1 fully saturated rings. The van der Waals surface area contributed by atoms with Crippen molar-refractivity contribution in [2.24, 2.45) is 5.92 Å². The summed E-state index contributed by atoms with van der Waals surface area (Å²) in [4.78, 5) is 40.5. The van der Waals surface area contributed by atoms with Gasteiger partial charge in [0, 0.05) is 11.3 Å². The number of ketones is 1. The van der Waals surface area contributed by atoms with E-state index in [-0.39, 0.29) is 11.3 Å². The van der Waals surface area contributed by atoms with Crippen LogP contribution in [0.15, 0.2) is 78.4 Å². The van der Waals surface area contributed by atoms with Gasteiger partial charge in [-0.3, -0.25) is 14.5 Å². The van der Waals surface area contributed by atoms with Gasteiger partial charge in [0.1, 0.15) is 11.5 Å². The predicted molar refractivity (Wildman–Crippen MR) is 150 cm³/mol. The van der Waals surface area contributed by atoms with E-state index in [9.17, 15) is 19.5 Å². The van der Waals surface area contributed by atoms with Crippen LogP contribution < -0.4 is 9.64 Å². The number of hydrogen-bond donors (Lipinski definition) is 1. The molecule has 3 aromatic carbocycles. The number of Topliss-reactive ketones (excluding diaryl/α,β-unsaturated/α-hetero) is 1. The number of ether oxygens (including phenoxy) is 2. The van der Waals surface area contributed by atoms with Gasteiger partial charge < -0.3 is 14.6 Å². The number of carbonyl (C=O) groups is 3. The molecule has 39 heavy (non-hydrogen) atoms. The van der Waals surface area contributed by atoms with E-state index in [0.717, 1.165) is 5.56 Å². The van der Waals surface area contributed by atoms with E-state index in [0.29, 0.717) is 53.7 Å². The number of aliphatic hydroxyl groups excluding tert-OH is 1. The summed E-state index contributed by atoms with van der Waals surface area (Å²) < 4.78 is 11.0.